The number of hydrogen-bond donors (Lipinski definition) is 0. The number of carbonyl (C=O) groups is 1. The van der Waals surface area contributed by atoms with Gasteiger partial charge in [0, 0.05) is 5.56 Å². The van der Waals surface area contributed by atoms with Crippen LogP contribution in [0, 0.1) is 0 Å². The van der Waals surface area contributed by atoms with Crippen LogP contribution in [-0.2, 0) is 0 Å². The maximum absolute atomic E-state index is 10.6. The molecule has 2 aromatic rings. The summed E-state index contributed by atoms with van der Waals surface area (Å²) in [4.78, 5) is 10.6. The molecule has 5 nitrogen and oxygen atoms in total. The molecule has 5 heteroatoms. The van der Waals surface area contributed by atoms with Crippen molar-refractivity contribution in [2.45, 2.75) is 0 Å². The van der Waals surface area contributed by atoms with Crippen molar-refractivity contribution in [1.29, 1.82) is 0 Å². The van der Waals surface area contributed by atoms with Crippen molar-refractivity contribution < 1.29 is 23.4 Å². The van der Waals surface area contributed by atoms with E-state index in [2.05, 4.69) is 0 Å². The molecule has 0 fully saturated rings. The Balaban J connectivity index is 2.54. The van der Waals surface area contributed by atoms with Crippen LogP contribution in [-0.4, -0.2) is 27.6 Å². The van der Waals surface area contributed by atoms with Gasteiger partial charge in [-0.05, 0) is 24.3 Å². The van der Waals surface area contributed by atoms with Crippen LogP contribution in [0.1, 0.15) is 10.6 Å². The van der Waals surface area contributed by atoms with Gasteiger partial charge in [0.2, 0.25) is 5.75 Å². The molecule has 0 amide bonds. The van der Waals surface area contributed by atoms with E-state index in [0.29, 0.717) is 29.3 Å². The van der Waals surface area contributed by atoms with Crippen molar-refractivity contribution in [2.24, 2.45) is 0 Å². The molecular formula is C14H14O5. The van der Waals surface area contributed by atoms with Gasteiger partial charge < -0.3 is 18.6 Å². The average molecular weight is 262 g/mol. The molecule has 0 atom stereocenters. The molecule has 0 spiro atoms. The fourth-order valence-electron chi connectivity index (χ4n) is 1.79. The zero-order valence-electron chi connectivity index (χ0n) is 10.9. The zero-order chi connectivity index (χ0) is 13.8. The second kappa shape index (κ2) is 5.48. The minimum absolute atomic E-state index is 0.267. The third-order valence-electron chi connectivity index (χ3n) is 2.69. The summed E-state index contributed by atoms with van der Waals surface area (Å²) in [6.45, 7) is 0. The minimum Gasteiger partial charge on any atom is -0.493 e. The van der Waals surface area contributed by atoms with Crippen LogP contribution >= 0.6 is 0 Å². The molecule has 0 aliphatic heterocycles. The van der Waals surface area contributed by atoms with E-state index in [9.17, 15) is 4.79 Å². The Labute approximate surface area is 110 Å². The highest BCUT2D eigenvalue weighted by Crippen LogP contribution is 2.41. The Morgan fingerprint density at radius 1 is 1.00 bits per heavy atom. The van der Waals surface area contributed by atoms with Crippen LogP contribution in [0.4, 0.5) is 0 Å². The topological polar surface area (TPSA) is 57.9 Å². The first-order valence-corrected chi connectivity index (χ1v) is 5.59. The van der Waals surface area contributed by atoms with Crippen LogP contribution < -0.4 is 14.2 Å². The third kappa shape index (κ3) is 2.40. The Hall–Kier alpha value is -2.43. The Morgan fingerprint density at radius 3 is 2.05 bits per heavy atom. The van der Waals surface area contributed by atoms with Crippen molar-refractivity contribution in [2.75, 3.05) is 21.3 Å². The number of benzene rings is 1. The molecule has 1 heterocycles. The van der Waals surface area contributed by atoms with Crippen molar-refractivity contribution in [1.82, 2.24) is 0 Å². The van der Waals surface area contributed by atoms with Crippen molar-refractivity contribution >= 4 is 6.29 Å². The van der Waals surface area contributed by atoms with Gasteiger partial charge in [-0.1, -0.05) is 0 Å². The van der Waals surface area contributed by atoms with Gasteiger partial charge >= 0.3 is 0 Å². The predicted molar refractivity (Wildman–Crippen MR) is 69.2 cm³/mol. The van der Waals surface area contributed by atoms with E-state index >= 15 is 0 Å². The number of hydrogen-bond acceptors (Lipinski definition) is 5. The molecule has 0 radical (unpaired) electrons. The summed E-state index contributed by atoms with van der Waals surface area (Å²) in [5, 5.41) is 0. The van der Waals surface area contributed by atoms with Crippen LogP contribution in [0.15, 0.2) is 28.7 Å². The SMILES string of the molecule is COc1cc(-c2ccc(C=O)o2)cc(OC)c1OC. The summed E-state index contributed by atoms with van der Waals surface area (Å²) in [7, 11) is 4.62. The van der Waals surface area contributed by atoms with Gasteiger partial charge in [0.1, 0.15) is 5.76 Å². The number of methoxy groups -OCH3 is 3. The lowest BCUT2D eigenvalue weighted by atomic mass is 10.1. The van der Waals surface area contributed by atoms with Crippen LogP contribution in [0.5, 0.6) is 17.2 Å². The normalized spacial score (nSPS) is 10.1. The minimum atomic E-state index is 0.267. The second-order valence-corrected chi connectivity index (χ2v) is 3.73. The molecule has 0 saturated carbocycles. The highest BCUT2D eigenvalue weighted by molar-refractivity contribution is 5.74. The first kappa shape index (κ1) is 13.0. The molecular weight excluding hydrogens is 248 g/mol. The first-order valence-electron chi connectivity index (χ1n) is 5.59. The van der Waals surface area contributed by atoms with E-state index in [0.717, 1.165) is 5.56 Å². The quantitative estimate of drug-likeness (QED) is 0.775. The first-order chi connectivity index (χ1) is 9.23. The molecule has 0 aliphatic rings. The monoisotopic (exact) mass is 262 g/mol. The maximum Gasteiger partial charge on any atom is 0.203 e. The predicted octanol–water partition coefficient (Wildman–Crippen LogP) is 2.78. The number of aldehydes is 1. The largest absolute Gasteiger partial charge is 0.493 e. The molecule has 19 heavy (non-hydrogen) atoms. The van der Waals surface area contributed by atoms with E-state index in [1.807, 2.05) is 0 Å². The van der Waals surface area contributed by atoms with E-state index in [4.69, 9.17) is 18.6 Å². The molecule has 0 bridgehead atoms. The summed E-state index contributed by atoms with van der Waals surface area (Å²) >= 11 is 0. The van der Waals surface area contributed by atoms with Crippen molar-refractivity contribution in [3.05, 3.63) is 30.0 Å². The molecule has 1 aromatic carbocycles. The Bertz CT molecular complexity index is 560. The molecule has 0 unspecified atom stereocenters. The molecule has 0 saturated heterocycles. The van der Waals surface area contributed by atoms with Gasteiger partial charge in [-0.15, -0.1) is 0 Å². The average Bonchev–Trinajstić information content (AvgIpc) is 2.94. The maximum atomic E-state index is 10.6. The highest BCUT2D eigenvalue weighted by Gasteiger charge is 2.15. The summed E-state index contributed by atoms with van der Waals surface area (Å²) in [5.41, 5.74) is 0.739. The Kier molecular flexibility index (Phi) is 3.75. The van der Waals surface area contributed by atoms with Crippen molar-refractivity contribution in [3.63, 3.8) is 0 Å². The van der Waals surface area contributed by atoms with E-state index < -0.39 is 0 Å². The van der Waals surface area contributed by atoms with Crippen molar-refractivity contribution in [3.8, 4) is 28.6 Å². The fraction of sp³-hybridized carbons (Fsp3) is 0.214. The number of ether oxygens (including phenoxy) is 3. The smallest absolute Gasteiger partial charge is 0.203 e. The number of carbonyl (C=O) groups excluding carboxylic acids is 1. The van der Waals surface area contributed by atoms with E-state index in [1.165, 1.54) is 7.11 Å². The van der Waals surface area contributed by atoms with Crippen LogP contribution in [0.3, 0.4) is 0 Å². The van der Waals surface area contributed by atoms with E-state index in [1.54, 1.807) is 38.5 Å². The van der Waals surface area contributed by atoms with Crippen LogP contribution in [0.2, 0.25) is 0 Å². The summed E-state index contributed by atoms with van der Waals surface area (Å²) in [6, 6.07) is 6.83. The number of rotatable bonds is 5. The van der Waals surface area contributed by atoms with Gasteiger partial charge in [-0.2, -0.15) is 0 Å². The summed E-state index contributed by atoms with van der Waals surface area (Å²) in [5.74, 6) is 2.39. The Morgan fingerprint density at radius 2 is 1.63 bits per heavy atom. The third-order valence-corrected chi connectivity index (χ3v) is 2.69. The summed E-state index contributed by atoms with van der Waals surface area (Å²) in [6.07, 6.45) is 0.654. The molecule has 1 aromatic heterocycles. The van der Waals surface area contributed by atoms with Crippen LogP contribution in [0.25, 0.3) is 11.3 Å². The standard InChI is InChI=1S/C14H14O5/c1-16-12-6-9(7-13(17-2)14(12)18-3)11-5-4-10(8-15)19-11/h4-8H,1-3H3. The molecule has 0 N–H and O–H groups in total. The van der Waals surface area contributed by atoms with Gasteiger partial charge in [-0.25, -0.2) is 0 Å². The second-order valence-electron chi connectivity index (χ2n) is 3.73. The van der Waals surface area contributed by atoms with Gasteiger partial charge in [0.25, 0.3) is 0 Å². The lowest BCUT2D eigenvalue weighted by Gasteiger charge is -2.13. The summed E-state index contributed by atoms with van der Waals surface area (Å²) < 4.78 is 21.1. The van der Waals surface area contributed by atoms with Gasteiger partial charge in [-0.3, -0.25) is 4.79 Å². The molecule has 2 rings (SSSR count). The molecule has 100 valence electrons. The highest BCUT2D eigenvalue weighted by atomic mass is 16.5. The fourth-order valence-corrected chi connectivity index (χ4v) is 1.79. The zero-order valence-corrected chi connectivity index (χ0v) is 10.9. The number of furan rings is 1. The lowest BCUT2D eigenvalue weighted by Crippen LogP contribution is -1.95. The molecule has 0 aliphatic carbocycles. The van der Waals surface area contributed by atoms with E-state index in [-0.39, 0.29) is 5.76 Å². The van der Waals surface area contributed by atoms with Gasteiger partial charge in [0.15, 0.2) is 23.5 Å². The lowest BCUT2D eigenvalue weighted by molar-refractivity contribution is 0.110. The van der Waals surface area contributed by atoms with Gasteiger partial charge in [0.05, 0.1) is 21.3 Å².